The molecule has 2 unspecified atom stereocenters. The van der Waals surface area contributed by atoms with Gasteiger partial charge in [-0.25, -0.2) is 4.79 Å². The summed E-state index contributed by atoms with van der Waals surface area (Å²) >= 11 is 0. The smallest absolute Gasteiger partial charge is 0.425 e. The van der Waals surface area contributed by atoms with Crippen LogP contribution in [-0.2, 0) is 18.6 Å². The topological polar surface area (TPSA) is 61.8 Å². The van der Waals surface area contributed by atoms with E-state index in [-0.39, 0.29) is 6.61 Å². The van der Waals surface area contributed by atoms with Crippen LogP contribution in [0.2, 0.25) is 0 Å². The summed E-state index contributed by atoms with van der Waals surface area (Å²) in [5.41, 5.74) is 0. The van der Waals surface area contributed by atoms with Crippen LogP contribution in [0.25, 0.3) is 0 Å². The predicted octanol–water partition coefficient (Wildman–Crippen LogP) is 2.02. The molecule has 78 valence electrons. The Balaban J connectivity index is 2.29. The van der Waals surface area contributed by atoms with E-state index in [2.05, 4.69) is 14.0 Å². The maximum atomic E-state index is 11.5. The third kappa shape index (κ3) is 3.35. The number of hydrogen-bond donors (Lipinski definition) is 0. The van der Waals surface area contributed by atoms with Crippen LogP contribution in [-0.4, -0.2) is 25.2 Å². The van der Waals surface area contributed by atoms with Gasteiger partial charge < -0.3 is 9.47 Å². The molecule has 0 saturated carbocycles. The van der Waals surface area contributed by atoms with E-state index in [9.17, 15) is 18.1 Å². The van der Waals surface area contributed by atoms with Gasteiger partial charge in [-0.05, 0) is 4.57 Å². The zero-order chi connectivity index (χ0) is 10.6. The molecule has 0 aromatic carbocycles. The normalized spacial score (nSPS) is 21.1. The number of ether oxygens (including phenoxy) is 2. The van der Waals surface area contributed by atoms with E-state index in [1.54, 1.807) is 0 Å². The number of hydrogen-bond acceptors (Lipinski definition) is 5. The summed E-state index contributed by atoms with van der Waals surface area (Å²) in [6.07, 6.45) is -2.40. The van der Waals surface area contributed by atoms with Crippen LogP contribution in [0.5, 0.6) is 0 Å². The molecule has 1 saturated heterocycles. The first kappa shape index (κ1) is 11.0. The average Bonchev–Trinajstić information content (AvgIpc) is 2.51. The lowest BCUT2D eigenvalue weighted by molar-refractivity contribution is 0.126. The summed E-state index contributed by atoms with van der Waals surface area (Å²) in [5.74, 6) is -1.01. The van der Waals surface area contributed by atoms with Gasteiger partial charge in [-0.3, -0.25) is 0 Å². The molecule has 8 heteroatoms. The molecule has 14 heavy (non-hydrogen) atoms. The van der Waals surface area contributed by atoms with Crippen LogP contribution < -0.4 is 0 Å². The molecule has 0 spiro atoms. The van der Waals surface area contributed by atoms with E-state index < -0.39 is 32.7 Å². The first-order valence-corrected chi connectivity index (χ1v) is 4.78. The summed E-state index contributed by atoms with van der Waals surface area (Å²) in [6, 6.07) is 0. The summed E-state index contributed by atoms with van der Waals surface area (Å²) in [6.45, 7) is -0.679. The summed E-state index contributed by atoms with van der Waals surface area (Å²) in [4.78, 5) is 10.4. The maximum absolute atomic E-state index is 11.5. The van der Waals surface area contributed by atoms with E-state index >= 15 is 0 Å². The van der Waals surface area contributed by atoms with Gasteiger partial charge in [-0.1, -0.05) is 0 Å². The van der Waals surface area contributed by atoms with Crippen molar-refractivity contribution in [3.05, 3.63) is 12.2 Å². The van der Waals surface area contributed by atoms with Gasteiger partial charge in [0.15, 0.2) is 6.61 Å². The molecule has 0 bridgehead atoms. The van der Waals surface area contributed by atoms with Crippen LogP contribution in [0.1, 0.15) is 0 Å². The molecular weight excluding hydrogens is 221 g/mol. The molecule has 1 heterocycles. The predicted molar refractivity (Wildman–Crippen MR) is 40.1 cm³/mol. The molecule has 0 aromatic heterocycles. The maximum Gasteiger partial charge on any atom is 0.557 e. The largest absolute Gasteiger partial charge is 0.557 e. The lowest BCUT2D eigenvalue weighted by Crippen LogP contribution is -2.05. The summed E-state index contributed by atoms with van der Waals surface area (Å²) in [5, 5.41) is 0. The first-order chi connectivity index (χ1) is 6.59. The van der Waals surface area contributed by atoms with Gasteiger partial charge >= 0.3 is 20.0 Å². The zero-order valence-corrected chi connectivity index (χ0v) is 7.71. The van der Waals surface area contributed by atoms with Crippen molar-refractivity contribution in [3.8, 4) is 0 Å². The molecular formula is C6H6F2O5P+. The number of halogens is 2. The molecule has 0 N–H and O–H groups in total. The molecule has 1 aliphatic rings. The fourth-order valence-corrected chi connectivity index (χ4v) is 1.44. The molecule has 1 rings (SSSR count). The van der Waals surface area contributed by atoms with Gasteiger partial charge in [0.2, 0.25) is 0 Å². The third-order valence-corrected chi connectivity index (χ3v) is 2.38. The Labute approximate surface area is 78.5 Å². The van der Waals surface area contributed by atoms with E-state index in [1.807, 2.05) is 0 Å². The molecule has 2 atom stereocenters. The zero-order valence-electron chi connectivity index (χ0n) is 6.81. The highest BCUT2D eigenvalue weighted by atomic mass is 31.1. The van der Waals surface area contributed by atoms with Crippen molar-refractivity contribution in [2.75, 3.05) is 13.2 Å². The van der Waals surface area contributed by atoms with Crippen LogP contribution in [0.3, 0.4) is 0 Å². The number of carbonyl (C=O) groups is 1. The standard InChI is InChI=1S/C6H6F2O5P/c7-4(8)1-2-12-14(10)5-3-11-6(9)13-5/h1,5H,2-3H2/q+1. The van der Waals surface area contributed by atoms with Crippen LogP contribution >= 0.6 is 8.03 Å². The van der Waals surface area contributed by atoms with Gasteiger partial charge in [0.1, 0.15) is 6.61 Å². The van der Waals surface area contributed by atoms with Crippen molar-refractivity contribution in [3.63, 3.8) is 0 Å². The molecule has 0 radical (unpaired) electrons. The quantitative estimate of drug-likeness (QED) is 0.543. The van der Waals surface area contributed by atoms with Crippen molar-refractivity contribution in [1.82, 2.24) is 0 Å². The lowest BCUT2D eigenvalue weighted by atomic mass is 10.7. The Morgan fingerprint density at radius 3 is 2.93 bits per heavy atom. The minimum atomic E-state index is -2.33. The SMILES string of the molecule is O=C1OCC([P+](=O)OCC=C(F)F)O1. The second kappa shape index (κ2) is 4.97. The molecule has 5 nitrogen and oxygen atoms in total. The summed E-state index contributed by atoms with van der Waals surface area (Å²) < 4.78 is 47.3. The Hall–Kier alpha value is -1.07. The fourth-order valence-electron chi connectivity index (χ4n) is 0.679. The highest BCUT2D eigenvalue weighted by Crippen LogP contribution is 2.33. The minimum absolute atomic E-state index is 0.185. The van der Waals surface area contributed by atoms with Crippen LogP contribution in [0.4, 0.5) is 13.6 Å². The minimum Gasteiger partial charge on any atom is -0.425 e. The van der Waals surface area contributed by atoms with E-state index in [4.69, 9.17) is 0 Å². The Bertz CT molecular complexity index is 275. The van der Waals surface area contributed by atoms with E-state index in [0.717, 1.165) is 0 Å². The average molecular weight is 227 g/mol. The van der Waals surface area contributed by atoms with Crippen molar-refractivity contribution < 1.29 is 32.1 Å². The second-order valence-corrected chi connectivity index (χ2v) is 3.61. The van der Waals surface area contributed by atoms with Crippen LogP contribution in [0.15, 0.2) is 12.2 Å². The molecule has 1 aliphatic heterocycles. The molecule has 0 amide bonds. The molecule has 0 aromatic rings. The Morgan fingerprint density at radius 2 is 2.43 bits per heavy atom. The van der Waals surface area contributed by atoms with Crippen molar-refractivity contribution >= 4 is 14.2 Å². The fraction of sp³-hybridized carbons (Fsp3) is 0.500. The monoisotopic (exact) mass is 227 g/mol. The third-order valence-electron chi connectivity index (χ3n) is 1.25. The number of cyclic esters (lactones) is 2. The van der Waals surface area contributed by atoms with Crippen molar-refractivity contribution in [1.29, 1.82) is 0 Å². The van der Waals surface area contributed by atoms with E-state index in [0.29, 0.717) is 6.08 Å². The van der Waals surface area contributed by atoms with Crippen molar-refractivity contribution in [2.45, 2.75) is 5.85 Å². The van der Waals surface area contributed by atoms with Gasteiger partial charge in [0, 0.05) is 6.08 Å². The summed E-state index contributed by atoms with van der Waals surface area (Å²) in [7, 11) is -2.33. The van der Waals surface area contributed by atoms with Gasteiger partial charge in [-0.2, -0.15) is 8.78 Å². The van der Waals surface area contributed by atoms with Crippen molar-refractivity contribution in [2.24, 2.45) is 0 Å². The van der Waals surface area contributed by atoms with Gasteiger partial charge in [0.25, 0.3) is 6.08 Å². The molecule has 0 aliphatic carbocycles. The Kier molecular flexibility index (Phi) is 3.91. The van der Waals surface area contributed by atoms with Gasteiger partial charge in [-0.15, -0.1) is 4.52 Å². The van der Waals surface area contributed by atoms with E-state index in [1.165, 1.54) is 0 Å². The number of rotatable bonds is 4. The highest BCUT2D eigenvalue weighted by molar-refractivity contribution is 7.39. The lowest BCUT2D eigenvalue weighted by Gasteiger charge is -1.90. The molecule has 1 fully saturated rings. The Morgan fingerprint density at radius 1 is 1.71 bits per heavy atom. The first-order valence-electron chi connectivity index (χ1n) is 3.53. The number of carbonyl (C=O) groups excluding carboxylic acids is 1. The second-order valence-electron chi connectivity index (χ2n) is 2.21. The highest BCUT2D eigenvalue weighted by Gasteiger charge is 2.43. The van der Waals surface area contributed by atoms with Gasteiger partial charge in [0.05, 0.1) is 0 Å². The van der Waals surface area contributed by atoms with Crippen LogP contribution in [0, 0.1) is 0 Å².